The maximum Gasteiger partial charge on any atom is 0.309 e. The summed E-state index contributed by atoms with van der Waals surface area (Å²) in [5.41, 5.74) is 1.54. The van der Waals surface area contributed by atoms with Gasteiger partial charge in [0.15, 0.2) is 5.79 Å². The molecule has 7 heteroatoms. The van der Waals surface area contributed by atoms with Crippen molar-refractivity contribution >= 4 is 16.7 Å². The molecule has 5 spiro atoms. The molecule has 3 aromatic carbocycles. The predicted molar refractivity (Wildman–Crippen MR) is 293 cm³/mol. The number of aliphatic hydroxyl groups is 3. The lowest BCUT2D eigenvalue weighted by atomic mass is 9.13. The number of ether oxygens (including phenoxy) is 2. The SMILES string of the molecule is CCC[C@@H]1[C@@]23CC[C@@]45C#CC[C@H](CCC6CCCCC6)CC[C@@]67[C@@H]8[C@H]([C@H]9C[C@@]6%10C[C@@]4(Cc4ccc6cccc9c6c4%10)[C@]2(CO)[C@@H](O)C[C@]1(O)O[C@H]3Cc1ccc(CCOC)cc1)[C@](C)(C(=O)O)CC[C@]8(C)CC[C@]57C. The molecule has 17 atom stereocenters. The normalized spacial score (nSPS) is 47.4. The summed E-state index contributed by atoms with van der Waals surface area (Å²) in [6, 6.07) is 20.8. The van der Waals surface area contributed by atoms with Crippen molar-refractivity contribution in [1.29, 1.82) is 0 Å². The monoisotopic (exact) mass is 1020 g/mol. The molecule has 7 nitrogen and oxygen atoms in total. The van der Waals surface area contributed by atoms with E-state index < -0.39 is 51.0 Å². The van der Waals surface area contributed by atoms with Crippen LogP contribution in [0.3, 0.4) is 0 Å². The molecule has 1 aliphatic heterocycles. The predicted octanol–water partition coefficient (Wildman–Crippen LogP) is 13.0. The molecule has 402 valence electrons. The number of aliphatic hydroxyl groups excluding tert-OH is 2. The summed E-state index contributed by atoms with van der Waals surface area (Å²) < 4.78 is 12.8. The molecular formula is C68H88O7. The summed E-state index contributed by atoms with van der Waals surface area (Å²) in [5.74, 6) is 7.75. The zero-order chi connectivity index (χ0) is 51.8. The highest BCUT2D eigenvalue weighted by atomic mass is 16.6. The van der Waals surface area contributed by atoms with Gasteiger partial charge in [0.1, 0.15) is 0 Å². The summed E-state index contributed by atoms with van der Waals surface area (Å²) in [5, 5.41) is 55.5. The van der Waals surface area contributed by atoms with Crippen molar-refractivity contribution in [1.82, 2.24) is 0 Å². The van der Waals surface area contributed by atoms with Crippen LogP contribution in [0.4, 0.5) is 0 Å². The molecule has 1 heterocycles. The van der Waals surface area contributed by atoms with E-state index in [1.165, 1.54) is 72.4 Å². The summed E-state index contributed by atoms with van der Waals surface area (Å²) in [7, 11) is 1.75. The van der Waals surface area contributed by atoms with E-state index in [4.69, 9.17) is 9.47 Å². The first-order valence-corrected chi connectivity index (χ1v) is 30.6. The number of carboxylic acid groups (broad SMARTS) is 1. The summed E-state index contributed by atoms with van der Waals surface area (Å²) in [4.78, 5) is 14.5. The average Bonchev–Trinajstić information content (AvgIpc) is 3.83. The van der Waals surface area contributed by atoms with Crippen LogP contribution in [-0.4, -0.2) is 64.7 Å². The number of carboxylic acids is 1. The molecule has 0 aromatic heterocycles. The second-order valence-corrected chi connectivity index (χ2v) is 28.9. The molecule has 10 aliphatic carbocycles. The molecule has 7 bridgehead atoms. The van der Waals surface area contributed by atoms with E-state index in [0.717, 1.165) is 95.0 Å². The highest BCUT2D eigenvalue weighted by Gasteiger charge is 2.93. The van der Waals surface area contributed by atoms with E-state index in [-0.39, 0.29) is 58.4 Å². The lowest BCUT2D eigenvalue weighted by Gasteiger charge is -2.89. The zero-order valence-corrected chi connectivity index (χ0v) is 46.2. The minimum absolute atomic E-state index is 0.0401. The Morgan fingerprint density at radius 3 is 2.39 bits per heavy atom. The van der Waals surface area contributed by atoms with E-state index in [0.29, 0.717) is 31.8 Å². The number of methoxy groups -OCH3 is 1. The smallest absolute Gasteiger partial charge is 0.309 e. The Hall–Kier alpha value is -3.25. The minimum Gasteiger partial charge on any atom is -0.481 e. The van der Waals surface area contributed by atoms with Gasteiger partial charge in [-0.25, -0.2) is 0 Å². The number of carbonyl (C=O) groups is 1. The molecule has 75 heavy (non-hydrogen) atoms. The molecule has 0 unspecified atom stereocenters. The van der Waals surface area contributed by atoms with Gasteiger partial charge in [-0.15, -0.1) is 5.92 Å². The third kappa shape index (κ3) is 5.77. The van der Waals surface area contributed by atoms with Crippen LogP contribution in [-0.2, 0) is 38.9 Å². The van der Waals surface area contributed by atoms with Gasteiger partial charge in [0.2, 0.25) is 0 Å². The number of hydrogen-bond donors (Lipinski definition) is 4. The van der Waals surface area contributed by atoms with Gasteiger partial charge in [-0.05, 0) is 188 Å². The van der Waals surface area contributed by atoms with Crippen molar-refractivity contribution in [3.63, 3.8) is 0 Å². The largest absolute Gasteiger partial charge is 0.481 e. The highest BCUT2D eigenvalue weighted by Crippen LogP contribution is 2.95. The fourth-order valence-corrected chi connectivity index (χ4v) is 24.4. The first kappa shape index (κ1) is 50.0. The fourth-order valence-electron chi connectivity index (χ4n) is 24.4. The molecule has 1 saturated heterocycles. The van der Waals surface area contributed by atoms with Crippen LogP contribution >= 0.6 is 0 Å². The maximum atomic E-state index is 14.5. The molecule has 3 aromatic rings. The molecule has 7 saturated carbocycles. The molecule has 4 N–H and O–H groups in total. The number of hydrogen-bond acceptors (Lipinski definition) is 6. The van der Waals surface area contributed by atoms with E-state index in [1.807, 2.05) is 0 Å². The van der Waals surface area contributed by atoms with Crippen molar-refractivity contribution in [2.75, 3.05) is 20.3 Å². The van der Waals surface area contributed by atoms with Gasteiger partial charge in [0.25, 0.3) is 0 Å². The molecule has 8 fully saturated rings. The van der Waals surface area contributed by atoms with Crippen molar-refractivity contribution < 1.29 is 34.7 Å². The quantitative estimate of drug-likeness (QED) is 0.134. The standard InChI is InChI=1S/C68H88O7/c1-6-12-51-65-35-34-63-28-11-15-44(19-18-43-13-8-7-9-14-43)26-29-66-57-56(60(3,58(71)72)32-30-59(57,2)31-33-61(63,66)4)50-39-62(66)41-64(63,38-48-25-24-47-16-10-17-49(50)54(47)55(48)62)67(65,42-69)52(70)40-68(51,73)75-53(65)37-46-22-20-45(21-23-46)27-36-74-5/h10,16-17,20-25,43-44,50-53,56-57,69-70,73H,6-9,12-15,18-19,26-27,29-42H2,1-5H3,(H,71,72)/t44-,50+,51-,52+,53+,56+,57-,59-,60-,61-,62+,63-,64-,65-,66+,67+,68+/m1/s1. The second-order valence-electron chi connectivity index (χ2n) is 28.9. The Balaban J connectivity index is 1.07. The van der Waals surface area contributed by atoms with E-state index >= 15 is 0 Å². The van der Waals surface area contributed by atoms with Crippen LogP contribution < -0.4 is 0 Å². The number of rotatable bonds is 12. The Morgan fingerprint density at radius 2 is 1.63 bits per heavy atom. The van der Waals surface area contributed by atoms with Crippen LogP contribution in [0.2, 0.25) is 0 Å². The van der Waals surface area contributed by atoms with Crippen molar-refractivity contribution in [3.05, 3.63) is 82.4 Å². The van der Waals surface area contributed by atoms with Crippen LogP contribution in [0.5, 0.6) is 0 Å². The van der Waals surface area contributed by atoms with Crippen molar-refractivity contribution in [2.45, 2.75) is 211 Å². The second kappa shape index (κ2) is 16.7. The van der Waals surface area contributed by atoms with Gasteiger partial charge in [0.05, 0.1) is 30.8 Å². The summed E-state index contributed by atoms with van der Waals surface area (Å²) in [6.07, 6.45) is 21.7. The summed E-state index contributed by atoms with van der Waals surface area (Å²) >= 11 is 0. The van der Waals surface area contributed by atoms with Gasteiger partial charge in [-0.2, -0.15) is 0 Å². The third-order valence-corrected chi connectivity index (χ3v) is 27.0. The van der Waals surface area contributed by atoms with Gasteiger partial charge >= 0.3 is 5.97 Å². The van der Waals surface area contributed by atoms with Gasteiger partial charge in [-0.3, -0.25) is 4.79 Å². The fraction of sp³-hybridized carbons (Fsp3) is 0.721. The Morgan fingerprint density at radius 1 is 0.853 bits per heavy atom. The van der Waals surface area contributed by atoms with Crippen molar-refractivity contribution in [2.24, 2.45) is 72.9 Å². The minimum atomic E-state index is -1.53. The van der Waals surface area contributed by atoms with Gasteiger partial charge in [0, 0.05) is 52.9 Å². The maximum absolute atomic E-state index is 14.5. The zero-order valence-electron chi connectivity index (χ0n) is 46.2. The van der Waals surface area contributed by atoms with E-state index in [9.17, 15) is 25.2 Å². The first-order chi connectivity index (χ1) is 36.1. The number of aliphatic carboxylic acids is 1. The Kier molecular flexibility index (Phi) is 11.1. The van der Waals surface area contributed by atoms with Gasteiger partial charge < -0.3 is 29.9 Å². The topological polar surface area (TPSA) is 116 Å². The average molecular weight is 1020 g/mol. The molecule has 11 aliphatic rings. The number of benzene rings is 3. The third-order valence-electron chi connectivity index (χ3n) is 27.0. The molecular weight excluding hydrogens is 929 g/mol. The Labute approximate surface area is 448 Å². The van der Waals surface area contributed by atoms with Crippen LogP contribution in [0.25, 0.3) is 10.8 Å². The highest BCUT2D eigenvalue weighted by molar-refractivity contribution is 5.94. The molecule has 14 rings (SSSR count). The van der Waals surface area contributed by atoms with E-state index in [1.54, 1.807) is 12.7 Å². The van der Waals surface area contributed by atoms with Crippen molar-refractivity contribution in [3.8, 4) is 11.8 Å². The van der Waals surface area contributed by atoms with Crippen LogP contribution in [0.15, 0.2) is 54.6 Å². The molecule has 0 radical (unpaired) electrons. The lowest BCUT2D eigenvalue weighted by molar-refractivity contribution is -0.395. The Bertz CT molecular complexity index is 2880. The van der Waals surface area contributed by atoms with Gasteiger partial charge in [-0.1, -0.05) is 126 Å². The lowest BCUT2D eigenvalue weighted by Crippen LogP contribution is -2.87. The van der Waals surface area contributed by atoms with E-state index in [2.05, 4.69) is 94.1 Å². The number of fused-ring (bicyclic) bond motifs is 4. The van der Waals surface area contributed by atoms with Crippen LogP contribution in [0, 0.1) is 84.8 Å². The van der Waals surface area contributed by atoms with Crippen LogP contribution in [0.1, 0.15) is 196 Å². The summed E-state index contributed by atoms with van der Waals surface area (Å²) in [6.45, 7) is 10.2. The first-order valence-electron chi connectivity index (χ1n) is 30.6. The molecule has 0 amide bonds.